The van der Waals surface area contributed by atoms with Crippen LogP contribution in [0.4, 0.5) is 17.1 Å². The molecule has 12 rings (SSSR count). The number of hydrogen-bond acceptors (Lipinski definition) is 1. The van der Waals surface area contributed by atoms with Gasteiger partial charge in [0.25, 0.3) is 0 Å². The highest BCUT2D eigenvalue weighted by Crippen LogP contribution is 2.58. The normalized spacial score (nSPS) is 15.3. The average Bonchev–Trinajstić information content (AvgIpc) is 3.96. The van der Waals surface area contributed by atoms with Crippen molar-refractivity contribution in [2.75, 3.05) is 4.90 Å². The third-order valence-electron chi connectivity index (χ3n) is 14.2. The van der Waals surface area contributed by atoms with E-state index in [9.17, 15) is 0 Å². The summed E-state index contributed by atoms with van der Waals surface area (Å²) < 4.78 is 0. The summed E-state index contributed by atoms with van der Waals surface area (Å²) in [4.78, 5) is 2.53. The van der Waals surface area contributed by atoms with Gasteiger partial charge in [-0.2, -0.15) is 0 Å². The smallest absolute Gasteiger partial charge is 0.0540 e. The molecule has 282 valence electrons. The van der Waals surface area contributed by atoms with Crippen molar-refractivity contribution in [1.29, 1.82) is 0 Å². The predicted molar refractivity (Wildman–Crippen MR) is 249 cm³/mol. The summed E-state index contributed by atoms with van der Waals surface area (Å²) in [6, 6.07) is 70.9. The SMILES string of the molecule is CC1(C)c2ccccc2-c2cccc(-c3ccc(N(c4ccc5c(c4)C4(CCCC4)c4ccccc4-5)c4ccccc4-c4cccc5c4ccc4ccccc45)cc3)c21. The predicted octanol–water partition coefficient (Wildman–Crippen LogP) is 15.9. The summed E-state index contributed by atoms with van der Waals surface area (Å²) in [5, 5.41) is 5.11. The van der Waals surface area contributed by atoms with Crippen molar-refractivity contribution in [1.82, 2.24) is 0 Å². The number of benzene rings is 9. The van der Waals surface area contributed by atoms with Crippen LogP contribution in [0.1, 0.15) is 61.8 Å². The quantitative estimate of drug-likeness (QED) is 0.158. The van der Waals surface area contributed by atoms with Gasteiger partial charge in [-0.25, -0.2) is 0 Å². The Bertz CT molecular complexity index is 3140. The maximum absolute atomic E-state index is 2.55. The Kier molecular flexibility index (Phi) is 7.51. The monoisotopic (exact) mass is 755 g/mol. The first-order valence-electron chi connectivity index (χ1n) is 21.4. The van der Waals surface area contributed by atoms with E-state index in [-0.39, 0.29) is 10.8 Å². The Labute approximate surface area is 347 Å². The third kappa shape index (κ3) is 4.98. The van der Waals surface area contributed by atoms with Gasteiger partial charge in [0.2, 0.25) is 0 Å². The van der Waals surface area contributed by atoms with E-state index >= 15 is 0 Å². The van der Waals surface area contributed by atoms with Crippen molar-refractivity contribution in [3.63, 3.8) is 0 Å². The molecule has 1 spiro atoms. The van der Waals surface area contributed by atoms with Crippen LogP contribution < -0.4 is 4.90 Å². The van der Waals surface area contributed by atoms with E-state index in [1.807, 2.05) is 0 Å². The van der Waals surface area contributed by atoms with E-state index in [2.05, 4.69) is 207 Å². The van der Waals surface area contributed by atoms with Gasteiger partial charge >= 0.3 is 0 Å². The van der Waals surface area contributed by atoms with Crippen LogP contribution in [0.25, 0.3) is 66.1 Å². The number of rotatable bonds is 5. The zero-order chi connectivity index (χ0) is 39.3. The van der Waals surface area contributed by atoms with E-state index in [0.29, 0.717) is 0 Å². The van der Waals surface area contributed by atoms with Gasteiger partial charge in [0.1, 0.15) is 0 Å². The minimum Gasteiger partial charge on any atom is -0.310 e. The van der Waals surface area contributed by atoms with Gasteiger partial charge in [-0.3, -0.25) is 0 Å². The lowest BCUT2D eigenvalue weighted by molar-refractivity contribution is 0.550. The fraction of sp³-hybridized carbons (Fsp3) is 0.138. The second-order valence-electron chi connectivity index (χ2n) is 17.6. The van der Waals surface area contributed by atoms with Crippen molar-refractivity contribution in [3.05, 3.63) is 210 Å². The summed E-state index contributed by atoms with van der Waals surface area (Å²) in [5.74, 6) is 0. The Balaban J connectivity index is 1.05. The number of hydrogen-bond donors (Lipinski definition) is 0. The molecule has 9 aromatic rings. The van der Waals surface area contributed by atoms with Gasteiger partial charge in [0.05, 0.1) is 5.69 Å². The number of nitrogens with zero attached hydrogens (tertiary/aromatic N) is 1. The molecule has 1 fully saturated rings. The zero-order valence-electron chi connectivity index (χ0n) is 33.7. The molecular formula is C58H45N. The Morgan fingerprint density at radius 2 is 0.983 bits per heavy atom. The van der Waals surface area contributed by atoms with E-state index < -0.39 is 0 Å². The molecule has 59 heavy (non-hydrogen) atoms. The van der Waals surface area contributed by atoms with E-state index in [1.165, 1.54) is 125 Å². The maximum atomic E-state index is 2.55. The molecule has 3 aliphatic carbocycles. The Morgan fingerprint density at radius 3 is 1.81 bits per heavy atom. The minimum atomic E-state index is -0.0891. The molecule has 0 unspecified atom stereocenters. The molecule has 3 aliphatic rings. The second-order valence-corrected chi connectivity index (χ2v) is 17.6. The van der Waals surface area contributed by atoms with Crippen molar-refractivity contribution >= 4 is 38.6 Å². The van der Waals surface area contributed by atoms with Gasteiger partial charge in [-0.15, -0.1) is 0 Å². The zero-order valence-corrected chi connectivity index (χ0v) is 33.7. The number of para-hydroxylation sites is 1. The number of fused-ring (bicyclic) bond motifs is 11. The first-order chi connectivity index (χ1) is 29.0. The Morgan fingerprint density at radius 1 is 0.390 bits per heavy atom. The molecule has 0 amide bonds. The second kappa shape index (κ2) is 12.9. The van der Waals surface area contributed by atoms with Gasteiger partial charge in [0, 0.05) is 27.8 Å². The first kappa shape index (κ1) is 34.4. The van der Waals surface area contributed by atoms with E-state index in [1.54, 1.807) is 0 Å². The van der Waals surface area contributed by atoms with E-state index in [0.717, 1.165) is 5.69 Å². The van der Waals surface area contributed by atoms with Crippen LogP contribution in [0.15, 0.2) is 188 Å². The van der Waals surface area contributed by atoms with Crippen LogP contribution in [0.3, 0.4) is 0 Å². The summed E-state index contributed by atoms with van der Waals surface area (Å²) in [6.07, 6.45) is 4.95. The molecule has 1 saturated carbocycles. The molecule has 1 nitrogen and oxygen atoms in total. The molecule has 0 bridgehead atoms. The fourth-order valence-electron chi connectivity index (χ4n) is 11.6. The summed E-state index contributed by atoms with van der Waals surface area (Å²) in [5.41, 5.74) is 19.9. The third-order valence-corrected chi connectivity index (χ3v) is 14.2. The lowest BCUT2D eigenvalue weighted by atomic mass is 9.76. The van der Waals surface area contributed by atoms with Crippen molar-refractivity contribution in [2.24, 2.45) is 0 Å². The van der Waals surface area contributed by atoms with Crippen LogP contribution in [0.5, 0.6) is 0 Å². The van der Waals surface area contributed by atoms with Crippen LogP contribution in [-0.2, 0) is 10.8 Å². The maximum Gasteiger partial charge on any atom is 0.0540 e. The van der Waals surface area contributed by atoms with Crippen LogP contribution in [0.2, 0.25) is 0 Å². The summed E-state index contributed by atoms with van der Waals surface area (Å²) in [7, 11) is 0. The van der Waals surface area contributed by atoms with Crippen molar-refractivity contribution < 1.29 is 0 Å². The minimum absolute atomic E-state index is 0.0751. The van der Waals surface area contributed by atoms with Crippen molar-refractivity contribution in [2.45, 2.75) is 50.4 Å². The van der Waals surface area contributed by atoms with Crippen molar-refractivity contribution in [3.8, 4) is 44.5 Å². The molecule has 0 atom stereocenters. The lowest BCUT2D eigenvalue weighted by Gasteiger charge is -2.31. The molecule has 1 heteroatoms. The summed E-state index contributed by atoms with van der Waals surface area (Å²) in [6.45, 7) is 4.76. The molecular weight excluding hydrogens is 711 g/mol. The molecule has 0 aliphatic heterocycles. The number of anilines is 3. The highest BCUT2D eigenvalue weighted by atomic mass is 15.1. The Hall–Kier alpha value is -6.70. The largest absolute Gasteiger partial charge is 0.310 e. The standard InChI is InChI=1S/C58H45N/c1-57(2)52-24-8-5-18-48(52)51-23-13-20-43(56(51)57)39-27-30-40(31-28-39)59(41-32-34-49-47-17-6-9-25-53(47)58(54(49)37-41)35-11-12-36-58)55-26-10-7-19-50(55)45-22-14-21-44-42-16-4-3-15-38(42)29-33-46(44)45/h3-10,13-34,37H,11-12,35-36H2,1-2H3. The van der Waals surface area contributed by atoms with Crippen LogP contribution in [-0.4, -0.2) is 0 Å². The fourth-order valence-corrected chi connectivity index (χ4v) is 11.6. The van der Waals surface area contributed by atoms with Crippen LogP contribution >= 0.6 is 0 Å². The van der Waals surface area contributed by atoms with Gasteiger partial charge in [0.15, 0.2) is 0 Å². The van der Waals surface area contributed by atoms with Gasteiger partial charge < -0.3 is 4.90 Å². The summed E-state index contributed by atoms with van der Waals surface area (Å²) >= 11 is 0. The van der Waals surface area contributed by atoms with E-state index in [4.69, 9.17) is 0 Å². The highest BCUT2D eigenvalue weighted by molar-refractivity contribution is 6.13. The molecule has 9 aromatic carbocycles. The molecule has 0 aromatic heterocycles. The molecule has 0 heterocycles. The molecule has 0 N–H and O–H groups in total. The highest BCUT2D eigenvalue weighted by Gasteiger charge is 2.45. The lowest BCUT2D eigenvalue weighted by Crippen LogP contribution is -2.21. The molecule has 0 radical (unpaired) electrons. The average molecular weight is 756 g/mol. The van der Waals surface area contributed by atoms with Gasteiger partial charge in [-0.1, -0.05) is 184 Å². The molecule has 0 saturated heterocycles. The van der Waals surface area contributed by atoms with Gasteiger partial charge in [-0.05, 0) is 126 Å². The topological polar surface area (TPSA) is 3.24 Å². The first-order valence-corrected chi connectivity index (χ1v) is 21.4. The van der Waals surface area contributed by atoms with Crippen LogP contribution in [0, 0.1) is 0 Å².